The molecule has 0 aliphatic carbocycles. The smallest absolute Gasteiger partial charge is 0.306 e. The molecular formula is C11H12F2N2O4. The second-order valence-corrected chi connectivity index (χ2v) is 3.66. The van der Waals surface area contributed by atoms with Crippen LogP contribution in [0.5, 0.6) is 0 Å². The summed E-state index contributed by atoms with van der Waals surface area (Å²) in [7, 11) is 1.24. The molecule has 1 aromatic rings. The van der Waals surface area contributed by atoms with Crippen molar-refractivity contribution >= 4 is 11.7 Å². The highest BCUT2D eigenvalue weighted by molar-refractivity contribution is 5.69. The Balaban J connectivity index is 2.65. The Morgan fingerprint density at radius 1 is 1.42 bits per heavy atom. The zero-order chi connectivity index (χ0) is 14.4. The fourth-order valence-electron chi connectivity index (χ4n) is 1.37. The zero-order valence-electron chi connectivity index (χ0n) is 10.1. The molecule has 0 aliphatic heterocycles. The lowest BCUT2D eigenvalue weighted by Crippen LogP contribution is -2.19. The topological polar surface area (TPSA) is 81.5 Å². The van der Waals surface area contributed by atoms with Crippen LogP contribution in [0.4, 0.5) is 14.5 Å². The van der Waals surface area contributed by atoms with Crippen LogP contribution in [-0.2, 0) is 16.1 Å². The molecule has 0 aromatic heterocycles. The molecule has 1 rings (SSSR count). The Kier molecular flexibility index (Phi) is 5.31. The molecule has 1 aromatic carbocycles. The maximum absolute atomic E-state index is 13.4. The number of halogens is 2. The van der Waals surface area contributed by atoms with Crippen molar-refractivity contribution in [1.29, 1.82) is 0 Å². The van der Waals surface area contributed by atoms with E-state index in [0.29, 0.717) is 6.07 Å². The summed E-state index contributed by atoms with van der Waals surface area (Å²) in [6, 6.07) is 1.30. The Labute approximate surface area is 107 Å². The van der Waals surface area contributed by atoms with Crippen LogP contribution in [0.15, 0.2) is 12.1 Å². The Morgan fingerprint density at radius 3 is 2.68 bits per heavy atom. The fraction of sp³-hybridized carbons (Fsp3) is 0.364. The first-order valence-electron chi connectivity index (χ1n) is 5.35. The van der Waals surface area contributed by atoms with Gasteiger partial charge in [-0.15, -0.1) is 0 Å². The summed E-state index contributed by atoms with van der Waals surface area (Å²) in [5.74, 6) is -2.53. The number of nitro benzene ring substituents is 1. The Bertz CT molecular complexity index is 494. The molecule has 104 valence electrons. The first-order chi connectivity index (χ1) is 8.95. The molecule has 0 radical (unpaired) electrons. The van der Waals surface area contributed by atoms with Gasteiger partial charge in [0.1, 0.15) is 5.82 Å². The quantitative estimate of drug-likeness (QED) is 0.368. The molecule has 0 bridgehead atoms. The van der Waals surface area contributed by atoms with Crippen LogP contribution < -0.4 is 5.32 Å². The van der Waals surface area contributed by atoms with Crippen LogP contribution in [0.3, 0.4) is 0 Å². The SMILES string of the molecule is COC(=O)CCNCc1cc([N+](=O)[O-])c(F)cc1F. The van der Waals surface area contributed by atoms with Crippen LogP contribution in [0.1, 0.15) is 12.0 Å². The molecule has 8 heteroatoms. The summed E-state index contributed by atoms with van der Waals surface area (Å²) < 4.78 is 30.8. The van der Waals surface area contributed by atoms with Crippen LogP contribution in [-0.4, -0.2) is 24.5 Å². The highest BCUT2D eigenvalue weighted by Crippen LogP contribution is 2.21. The van der Waals surface area contributed by atoms with Gasteiger partial charge < -0.3 is 10.1 Å². The van der Waals surface area contributed by atoms with E-state index in [1.807, 2.05) is 0 Å². The summed E-state index contributed by atoms with van der Waals surface area (Å²) >= 11 is 0. The zero-order valence-corrected chi connectivity index (χ0v) is 10.1. The van der Waals surface area contributed by atoms with Crippen LogP contribution in [0.2, 0.25) is 0 Å². The summed E-state index contributed by atoms with van der Waals surface area (Å²) in [5.41, 5.74) is -0.830. The highest BCUT2D eigenvalue weighted by atomic mass is 19.1. The number of carbonyl (C=O) groups is 1. The minimum Gasteiger partial charge on any atom is -0.469 e. The second kappa shape index (κ2) is 6.74. The number of nitrogens with one attached hydrogen (secondary N) is 1. The predicted octanol–water partition coefficient (Wildman–Crippen LogP) is 1.53. The van der Waals surface area contributed by atoms with Gasteiger partial charge in [0, 0.05) is 30.8 Å². The molecule has 0 saturated carbocycles. The maximum Gasteiger partial charge on any atom is 0.306 e. The average Bonchev–Trinajstić information content (AvgIpc) is 2.35. The monoisotopic (exact) mass is 274 g/mol. The van der Waals surface area contributed by atoms with E-state index in [1.54, 1.807) is 0 Å². The van der Waals surface area contributed by atoms with Gasteiger partial charge in [-0.3, -0.25) is 14.9 Å². The van der Waals surface area contributed by atoms with E-state index in [9.17, 15) is 23.7 Å². The van der Waals surface area contributed by atoms with Crippen molar-refractivity contribution in [2.45, 2.75) is 13.0 Å². The van der Waals surface area contributed by atoms with Crippen LogP contribution in [0.25, 0.3) is 0 Å². The number of ether oxygens (including phenoxy) is 1. The number of nitrogens with zero attached hydrogens (tertiary/aromatic N) is 1. The van der Waals surface area contributed by atoms with Crippen molar-refractivity contribution in [3.63, 3.8) is 0 Å². The molecule has 6 nitrogen and oxygen atoms in total. The molecule has 0 saturated heterocycles. The summed E-state index contributed by atoms with van der Waals surface area (Å²) in [6.07, 6.45) is 0.0847. The van der Waals surface area contributed by atoms with Gasteiger partial charge in [0.15, 0.2) is 0 Å². The van der Waals surface area contributed by atoms with Gasteiger partial charge in [-0.05, 0) is 0 Å². The number of benzene rings is 1. The number of rotatable bonds is 6. The largest absolute Gasteiger partial charge is 0.469 e. The van der Waals surface area contributed by atoms with E-state index in [-0.39, 0.29) is 25.1 Å². The Hall–Kier alpha value is -2.09. The molecule has 0 amide bonds. The predicted molar refractivity (Wildman–Crippen MR) is 61.4 cm³/mol. The second-order valence-electron chi connectivity index (χ2n) is 3.66. The lowest BCUT2D eigenvalue weighted by molar-refractivity contribution is -0.387. The maximum atomic E-state index is 13.4. The standard InChI is InChI=1S/C11H12F2N2O4/c1-19-11(16)2-3-14-6-7-4-10(15(17)18)9(13)5-8(7)12/h4-5,14H,2-3,6H2,1H3. The van der Waals surface area contributed by atoms with Crippen LogP contribution in [0, 0.1) is 21.7 Å². The Morgan fingerprint density at radius 2 is 2.11 bits per heavy atom. The normalized spacial score (nSPS) is 10.3. The van der Waals surface area contributed by atoms with Gasteiger partial charge in [0.05, 0.1) is 18.5 Å². The van der Waals surface area contributed by atoms with Crippen molar-refractivity contribution in [3.8, 4) is 0 Å². The molecule has 0 aliphatic rings. The number of hydrogen-bond donors (Lipinski definition) is 1. The van der Waals surface area contributed by atoms with Crippen molar-refractivity contribution in [3.05, 3.63) is 39.4 Å². The fourth-order valence-corrected chi connectivity index (χ4v) is 1.37. The van der Waals surface area contributed by atoms with Crippen LogP contribution >= 0.6 is 0 Å². The number of carbonyl (C=O) groups excluding carboxylic acids is 1. The molecule has 19 heavy (non-hydrogen) atoms. The van der Waals surface area contributed by atoms with E-state index in [0.717, 1.165) is 6.07 Å². The number of methoxy groups -OCH3 is 1. The summed E-state index contributed by atoms with van der Waals surface area (Å²) in [6.45, 7) is 0.168. The van der Waals surface area contributed by atoms with E-state index in [1.165, 1.54) is 7.11 Å². The van der Waals surface area contributed by atoms with Gasteiger partial charge in [0.2, 0.25) is 5.82 Å². The first kappa shape index (κ1) is 15.0. The van der Waals surface area contributed by atoms with Gasteiger partial charge in [-0.2, -0.15) is 4.39 Å². The van der Waals surface area contributed by atoms with E-state index < -0.39 is 28.2 Å². The minimum absolute atomic E-state index is 0.0436. The van der Waals surface area contributed by atoms with Crippen molar-refractivity contribution in [1.82, 2.24) is 5.32 Å². The van der Waals surface area contributed by atoms with Gasteiger partial charge in [-0.1, -0.05) is 0 Å². The van der Waals surface area contributed by atoms with Crippen molar-refractivity contribution < 1.29 is 23.2 Å². The van der Waals surface area contributed by atoms with Gasteiger partial charge in [-0.25, -0.2) is 4.39 Å². The highest BCUT2D eigenvalue weighted by Gasteiger charge is 2.18. The molecule has 0 spiro atoms. The van der Waals surface area contributed by atoms with Crippen molar-refractivity contribution in [2.75, 3.05) is 13.7 Å². The summed E-state index contributed by atoms with van der Waals surface area (Å²) in [4.78, 5) is 20.4. The van der Waals surface area contributed by atoms with Crippen molar-refractivity contribution in [2.24, 2.45) is 0 Å². The third-order valence-corrected chi connectivity index (χ3v) is 2.36. The third kappa shape index (κ3) is 4.25. The molecular weight excluding hydrogens is 262 g/mol. The number of hydrogen-bond acceptors (Lipinski definition) is 5. The number of esters is 1. The molecule has 0 fully saturated rings. The lowest BCUT2D eigenvalue weighted by Gasteiger charge is -2.06. The first-order valence-corrected chi connectivity index (χ1v) is 5.35. The summed E-state index contributed by atoms with van der Waals surface area (Å²) in [5, 5.41) is 13.2. The number of nitro groups is 1. The third-order valence-electron chi connectivity index (χ3n) is 2.36. The van der Waals surface area contributed by atoms with Gasteiger partial charge in [0.25, 0.3) is 0 Å². The molecule has 1 N–H and O–H groups in total. The van der Waals surface area contributed by atoms with Gasteiger partial charge >= 0.3 is 11.7 Å². The van der Waals surface area contributed by atoms with E-state index in [2.05, 4.69) is 10.1 Å². The molecule has 0 atom stereocenters. The van der Waals surface area contributed by atoms with E-state index >= 15 is 0 Å². The molecule has 0 unspecified atom stereocenters. The van der Waals surface area contributed by atoms with E-state index in [4.69, 9.17) is 0 Å². The molecule has 0 heterocycles. The average molecular weight is 274 g/mol. The minimum atomic E-state index is -1.22. The lowest BCUT2D eigenvalue weighted by atomic mass is 10.1.